The molecule has 9 heteroatoms. The first-order valence-corrected chi connectivity index (χ1v) is 8.82. The van der Waals surface area contributed by atoms with Crippen LogP contribution in [0.25, 0.3) is 0 Å². The van der Waals surface area contributed by atoms with Gasteiger partial charge in [0, 0.05) is 24.6 Å². The Kier molecular flexibility index (Phi) is 5.76. The third kappa shape index (κ3) is 4.34. The third-order valence-electron chi connectivity index (χ3n) is 4.46. The van der Waals surface area contributed by atoms with Gasteiger partial charge in [-0.2, -0.15) is 0 Å². The molecule has 2 aromatic carbocycles. The maximum absolute atomic E-state index is 13.9. The summed E-state index contributed by atoms with van der Waals surface area (Å²) < 4.78 is 32.5. The molecule has 1 aliphatic heterocycles. The molecule has 0 saturated heterocycles. The molecule has 0 aromatic heterocycles. The first-order valence-electron chi connectivity index (χ1n) is 8.82. The summed E-state index contributed by atoms with van der Waals surface area (Å²) in [7, 11) is 0. The van der Waals surface area contributed by atoms with Crippen LogP contribution in [0.2, 0.25) is 0 Å². The van der Waals surface area contributed by atoms with Gasteiger partial charge in [0.1, 0.15) is 17.4 Å². The predicted molar refractivity (Wildman–Crippen MR) is 98.4 cm³/mol. The maximum atomic E-state index is 13.9. The van der Waals surface area contributed by atoms with Gasteiger partial charge in [-0.3, -0.25) is 9.59 Å². The average molecular weight is 404 g/mol. The van der Waals surface area contributed by atoms with E-state index in [1.807, 2.05) is 0 Å². The van der Waals surface area contributed by atoms with Gasteiger partial charge in [0.15, 0.2) is 12.1 Å². The number of para-hydroxylation sites is 2. The van der Waals surface area contributed by atoms with Crippen molar-refractivity contribution in [2.75, 3.05) is 11.4 Å². The fourth-order valence-electron chi connectivity index (χ4n) is 3.04. The molecule has 2 N–H and O–H groups in total. The number of rotatable bonds is 6. The molecule has 2 atom stereocenters. The molecule has 1 aliphatic rings. The van der Waals surface area contributed by atoms with Gasteiger partial charge in [0.05, 0.1) is 5.69 Å². The smallest absolute Gasteiger partial charge is 0.331 e. The van der Waals surface area contributed by atoms with Crippen LogP contribution in [0.15, 0.2) is 42.5 Å². The Bertz CT molecular complexity index is 966. The van der Waals surface area contributed by atoms with Crippen LogP contribution in [0, 0.1) is 11.6 Å². The number of amides is 2. The van der Waals surface area contributed by atoms with Crippen LogP contribution >= 0.6 is 0 Å². The van der Waals surface area contributed by atoms with Gasteiger partial charge in [-0.05, 0) is 25.1 Å². The molecule has 3 rings (SSSR count). The van der Waals surface area contributed by atoms with Crippen LogP contribution in [0.3, 0.4) is 0 Å². The van der Waals surface area contributed by atoms with Crippen LogP contribution in [0.1, 0.15) is 24.9 Å². The zero-order valence-electron chi connectivity index (χ0n) is 15.4. The summed E-state index contributed by atoms with van der Waals surface area (Å²) in [6.07, 6.45) is -0.951. The average Bonchev–Trinajstić information content (AvgIpc) is 2.67. The molecular weight excluding hydrogens is 386 g/mol. The predicted octanol–water partition coefficient (Wildman–Crippen LogP) is 2.41. The van der Waals surface area contributed by atoms with E-state index in [0.717, 1.165) is 12.1 Å². The van der Waals surface area contributed by atoms with Crippen molar-refractivity contribution >= 4 is 23.5 Å². The molecule has 1 heterocycles. The van der Waals surface area contributed by atoms with E-state index in [0.29, 0.717) is 17.5 Å². The van der Waals surface area contributed by atoms with E-state index in [2.05, 4.69) is 5.32 Å². The second-order valence-electron chi connectivity index (χ2n) is 6.47. The van der Waals surface area contributed by atoms with Gasteiger partial charge >= 0.3 is 5.97 Å². The van der Waals surface area contributed by atoms with Crippen LogP contribution < -0.4 is 15.0 Å². The second-order valence-corrected chi connectivity index (χ2v) is 6.47. The number of halogens is 2. The molecule has 7 nitrogen and oxygen atoms in total. The van der Waals surface area contributed by atoms with Crippen molar-refractivity contribution in [1.82, 2.24) is 5.32 Å². The number of nitrogens with zero attached hydrogens (tertiary/aromatic N) is 1. The van der Waals surface area contributed by atoms with E-state index in [1.165, 1.54) is 4.90 Å². The molecule has 0 saturated carbocycles. The lowest BCUT2D eigenvalue weighted by Gasteiger charge is -2.32. The van der Waals surface area contributed by atoms with E-state index >= 15 is 0 Å². The number of carboxylic acids is 1. The summed E-state index contributed by atoms with van der Waals surface area (Å²) in [5.41, 5.74) is 0.136. The summed E-state index contributed by atoms with van der Waals surface area (Å²) in [4.78, 5) is 37.6. The van der Waals surface area contributed by atoms with Crippen molar-refractivity contribution in [2.45, 2.75) is 25.5 Å². The standard InChI is InChI=1S/C20H18F2N2O5/c1-11-19(26)24(15-4-2-3-5-16(15)29-11)9-8-17(25)23-18(20(27)28)13-7-6-12(21)10-14(13)22/h2-7,10-11,18H,8-9H2,1H3,(H,23,25)(H,27,28)/t11-,18+/m0/s1. The molecule has 0 unspecified atom stereocenters. The van der Waals surface area contributed by atoms with Gasteiger partial charge < -0.3 is 20.1 Å². The Morgan fingerprint density at radius 2 is 1.97 bits per heavy atom. The fraction of sp³-hybridized carbons (Fsp3) is 0.250. The molecule has 0 bridgehead atoms. The number of benzene rings is 2. The highest BCUT2D eigenvalue weighted by Gasteiger charge is 2.32. The Hall–Kier alpha value is -3.49. The number of ether oxygens (including phenoxy) is 1. The van der Waals surface area contributed by atoms with Crippen LogP contribution in [-0.2, 0) is 14.4 Å². The summed E-state index contributed by atoms with van der Waals surface area (Å²) in [6.45, 7) is 1.57. The summed E-state index contributed by atoms with van der Waals surface area (Å²) in [5.74, 6) is -3.98. The summed E-state index contributed by atoms with van der Waals surface area (Å²) in [5, 5.41) is 11.5. The number of aliphatic carboxylic acids is 1. The van der Waals surface area contributed by atoms with Gasteiger partial charge in [0.2, 0.25) is 5.91 Å². The SMILES string of the molecule is C[C@@H]1Oc2ccccc2N(CCC(=O)N[C@@H](C(=O)O)c2ccc(F)cc2F)C1=O. The van der Waals surface area contributed by atoms with Gasteiger partial charge in [0.25, 0.3) is 5.91 Å². The monoisotopic (exact) mass is 404 g/mol. The van der Waals surface area contributed by atoms with Crippen molar-refractivity contribution in [3.8, 4) is 5.75 Å². The second kappa shape index (κ2) is 8.26. The van der Waals surface area contributed by atoms with E-state index in [4.69, 9.17) is 4.74 Å². The number of hydrogen-bond donors (Lipinski definition) is 2. The van der Waals surface area contributed by atoms with Crippen LogP contribution in [0.4, 0.5) is 14.5 Å². The molecule has 0 aliphatic carbocycles. The number of hydrogen-bond acceptors (Lipinski definition) is 4. The minimum Gasteiger partial charge on any atom is -0.479 e. The first kappa shape index (κ1) is 20.2. The normalized spacial score (nSPS) is 16.6. The summed E-state index contributed by atoms with van der Waals surface area (Å²) >= 11 is 0. The molecule has 2 aromatic rings. The van der Waals surface area contributed by atoms with Crippen LogP contribution in [0.5, 0.6) is 5.75 Å². The highest BCUT2D eigenvalue weighted by molar-refractivity contribution is 6.00. The molecular formula is C20H18F2N2O5. The Morgan fingerprint density at radius 1 is 1.24 bits per heavy atom. The van der Waals surface area contributed by atoms with E-state index in [-0.39, 0.29) is 24.4 Å². The van der Waals surface area contributed by atoms with Crippen molar-refractivity contribution in [3.63, 3.8) is 0 Å². The Balaban J connectivity index is 1.71. The van der Waals surface area contributed by atoms with Gasteiger partial charge in [-0.15, -0.1) is 0 Å². The van der Waals surface area contributed by atoms with Crippen molar-refractivity contribution in [1.29, 1.82) is 0 Å². The van der Waals surface area contributed by atoms with Crippen molar-refractivity contribution in [3.05, 3.63) is 59.7 Å². The van der Waals surface area contributed by atoms with E-state index in [9.17, 15) is 28.3 Å². The van der Waals surface area contributed by atoms with Crippen molar-refractivity contribution < 1.29 is 33.0 Å². The first-order chi connectivity index (χ1) is 13.8. The zero-order valence-corrected chi connectivity index (χ0v) is 15.4. The highest BCUT2D eigenvalue weighted by Crippen LogP contribution is 2.33. The van der Waals surface area contributed by atoms with Gasteiger partial charge in [-0.25, -0.2) is 13.6 Å². The lowest BCUT2D eigenvalue weighted by atomic mass is 10.1. The maximum Gasteiger partial charge on any atom is 0.331 e. The zero-order chi connectivity index (χ0) is 21.1. The number of carbonyl (C=O) groups is 3. The van der Waals surface area contributed by atoms with Crippen LogP contribution in [-0.4, -0.2) is 35.5 Å². The summed E-state index contributed by atoms with van der Waals surface area (Å²) in [6, 6.07) is 7.57. The molecule has 29 heavy (non-hydrogen) atoms. The number of fused-ring (bicyclic) bond motifs is 1. The number of carboxylic acid groups (broad SMARTS) is 1. The molecule has 0 fully saturated rings. The minimum atomic E-state index is -1.69. The third-order valence-corrected chi connectivity index (χ3v) is 4.46. The Labute approximate surface area is 164 Å². The van der Waals surface area contributed by atoms with E-state index in [1.54, 1.807) is 31.2 Å². The fourth-order valence-corrected chi connectivity index (χ4v) is 3.04. The topological polar surface area (TPSA) is 95.9 Å². The lowest BCUT2D eigenvalue weighted by Crippen LogP contribution is -2.46. The largest absolute Gasteiger partial charge is 0.479 e. The van der Waals surface area contributed by atoms with E-state index < -0.39 is 35.7 Å². The lowest BCUT2D eigenvalue weighted by molar-refractivity contribution is -0.142. The van der Waals surface area contributed by atoms with Crippen molar-refractivity contribution in [2.24, 2.45) is 0 Å². The molecule has 0 radical (unpaired) electrons. The number of anilines is 1. The molecule has 2 amide bonds. The highest BCUT2D eigenvalue weighted by atomic mass is 19.1. The molecule has 152 valence electrons. The van der Waals surface area contributed by atoms with Gasteiger partial charge in [-0.1, -0.05) is 18.2 Å². The number of nitrogens with one attached hydrogen (secondary N) is 1. The minimum absolute atomic E-state index is 0.0202. The Morgan fingerprint density at radius 3 is 2.66 bits per heavy atom. The number of carbonyl (C=O) groups excluding carboxylic acids is 2. The molecule has 0 spiro atoms. The quantitative estimate of drug-likeness (QED) is 0.771.